The zero-order valence-electron chi connectivity index (χ0n) is 13.2. The third kappa shape index (κ3) is 5.43. The molecule has 2 heteroatoms. The minimum atomic E-state index is 0.793. The SMILES string of the molecule is CCCN1CCCC(NCC2CCC(C)CC2)CC1. The molecule has 19 heavy (non-hydrogen) atoms. The molecule has 2 fully saturated rings. The Hall–Kier alpha value is -0.0800. The summed E-state index contributed by atoms with van der Waals surface area (Å²) in [7, 11) is 0. The van der Waals surface area contributed by atoms with Gasteiger partial charge in [-0.3, -0.25) is 0 Å². The van der Waals surface area contributed by atoms with E-state index in [0.717, 1.165) is 17.9 Å². The van der Waals surface area contributed by atoms with Crippen LogP contribution in [0, 0.1) is 11.8 Å². The molecule has 2 aliphatic rings. The van der Waals surface area contributed by atoms with Crippen LogP contribution in [0.25, 0.3) is 0 Å². The Morgan fingerprint density at radius 3 is 2.53 bits per heavy atom. The van der Waals surface area contributed by atoms with Crippen LogP contribution >= 0.6 is 0 Å². The topological polar surface area (TPSA) is 15.3 Å². The van der Waals surface area contributed by atoms with Gasteiger partial charge in [-0.1, -0.05) is 26.7 Å². The predicted octanol–water partition coefficient (Wildman–Crippen LogP) is 3.67. The molecule has 0 radical (unpaired) electrons. The maximum atomic E-state index is 3.88. The fraction of sp³-hybridized carbons (Fsp3) is 1.00. The van der Waals surface area contributed by atoms with Crippen LogP contribution in [0.3, 0.4) is 0 Å². The van der Waals surface area contributed by atoms with Gasteiger partial charge in [0.25, 0.3) is 0 Å². The first-order valence-corrected chi connectivity index (χ1v) is 8.73. The monoisotopic (exact) mass is 266 g/mol. The normalized spacial score (nSPS) is 34.1. The maximum Gasteiger partial charge on any atom is 0.00798 e. The van der Waals surface area contributed by atoms with E-state index in [9.17, 15) is 0 Å². The van der Waals surface area contributed by atoms with Crippen molar-refractivity contribution in [3.8, 4) is 0 Å². The van der Waals surface area contributed by atoms with Crippen molar-refractivity contribution in [1.29, 1.82) is 0 Å². The quantitative estimate of drug-likeness (QED) is 0.817. The molecule has 2 rings (SSSR count). The van der Waals surface area contributed by atoms with E-state index in [1.165, 1.54) is 77.5 Å². The van der Waals surface area contributed by atoms with E-state index >= 15 is 0 Å². The van der Waals surface area contributed by atoms with E-state index < -0.39 is 0 Å². The summed E-state index contributed by atoms with van der Waals surface area (Å²) in [4.78, 5) is 2.66. The smallest absolute Gasteiger partial charge is 0.00798 e. The van der Waals surface area contributed by atoms with Crippen LogP contribution in [0.15, 0.2) is 0 Å². The van der Waals surface area contributed by atoms with Crippen molar-refractivity contribution in [2.24, 2.45) is 11.8 Å². The molecule has 1 N–H and O–H groups in total. The van der Waals surface area contributed by atoms with Crippen LogP contribution in [0.2, 0.25) is 0 Å². The van der Waals surface area contributed by atoms with Gasteiger partial charge in [0.2, 0.25) is 0 Å². The van der Waals surface area contributed by atoms with Gasteiger partial charge in [-0.05, 0) is 76.5 Å². The van der Waals surface area contributed by atoms with Gasteiger partial charge in [-0.15, -0.1) is 0 Å². The summed E-state index contributed by atoms with van der Waals surface area (Å²) in [6.07, 6.45) is 11.3. The third-order valence-electron chi connectivity index (χ3n) is 5.19. The highest BCUT2D eigenvalue weighted by atomic mass is 15.1. The van der Waals surface area contributed by atoms with Crippen LogP contribution in [0.5, 0.6) is 0 Å². The fourth-order valence-electron chi connectivity index (χ4n) is 3.77. The molecule has 0 bridgehead atoms. The van der Waals surface area contributed by atoms with E-state index in [1.54, 1.807) is 0 Å². The van der Waals surface area contributed by atoms with Gasteiger partial charge in [0.1, 0.15) is 0 Å². The summed E-state index contributed by atoms with van der Waals surface area (Å²) in [5, 5.41) is 3.88. The highest BCUT2D eigenvalue weighted by molar-refractivity contribution is 4.78. The molecule has 1 aliphatic heterocycles. The lowest BCUT2D eigenvalue weighted by Gasteiger charge is -2.28. The highest BCUT2D eigenvalue weighted by Gasteiger charge is 2.20. The molecule has 112 valence electrons. The first kappa shape index (κ1) is 15.3. The van der Waals surface area contributed by atoms with Gasteiger partial charge < -0.3 is 10.2 Å². The van der Waals surface area contributed by atoms with Crippen molar-refractivity contribution in [2.75, 3.05) is 26.2 Å². The molecule has 0 aromatic heterocycles. The van der Waals surface area contributed by atoms with Gasteiger partial charge in [0, 0.05) is 6.04 Å². The Balaban J connectivity index is 1.63. The van der Waals surface area contributed by atoms with E-state index in [1.807, 2.05) is 0 Å². The lowest BCUT2D eigenvalue weighted by molar-refractivity contribution is 0.264. The summed E-state index contributed by atoms with van der Waals surface area (Å²) in [5.74, 6) is 1.95. The van der Waals surface area contributed by atoms with Crippen molar-refractivity contribution in [1.82, 2.24) is 10.2 Å². The Kier molecular flexibility index (Phi) is 6.66. The van der Waals surface area contributed by atoms with Crippen LogP contribution in [0.1, 0.15) is 65.2 Å². The summed E-state index contributed by atoms with van der Waals surface area (Å²) in [5.41, 5.74) is 0. The van der Waals surface area contributed by atoms with Gasteiger partial charge in [-0.25, -0.2) is 0 Å². The molecular weight excluding hydrogens is 232 g/mol. The molecule has 0 spiro atoms. The second kappa shape index (κ2) is 8.26. The van der Waals surface area contributed by atoms with Crippen LogP contribution in [-0.2, 0) is 0 Å². The number of nitrogens with one attached hydrogen (secondary N) is 1. The molecule has 1 heterocycles. The lowest BCUT2D eigenvalue weighted by atomic mass is 9.83. The minimum absolute atomic E-state index is 0.793. The third-order valence-corrected chi connectivity index (χ3v) is 5.19. The Morgan fingerprint density at radius 2 is 1.79 bits per heavy atom. The van der Waals surface area contributed by atoms with Crippen molar-refractivity contribution in [2.45, 2.75) is 71.3 Å². The predicted molar refractivity (Wildman–Crippen MR) is 83.5 cm³/mol. The molecule has 0 aromatic rings. The molecule has 1 saturated carbocycles. The number of hydrogen-bond acceptors (Lipinski definition) is 2. The largest absolute Gasteiger partial charge is 0.314 e. The van der Waals surface area contributed by atoms with Gasteiger partial charge in [-0.2, -0.15) is 0 Å². The van der Waals surface area contributed by atoms with Crippen LogP contribution < -0.4 is 5.32 Å². The zero-order valence-corrected chi connectivity index (χ0v) is 13.2. The molecule has 1 aliphatic carbocycles. The highest BCUT2D eigenvalue weighted by Crippen LogP contribution is 2.28. The summed E-state index contributed by atoms with van der Waals surface area (Å²) in [6, 6.07) is 0.793. The second-order valence-corrected chi connectivity index (χ2v) is 7.00. The molecule has 0 aromatic carbocycles. The number of hydrogen-bond donors (Lipinski definition) is 1. The summed E-state index contributed by atoms with van der Waals surface area (Å²) >= 11 is 0. The standard InChI is InChI=1S/C17H34N2/c1-3-11-19-12-4-5-17(10-13-19)18-14-16-8-6-15(2)7-9-16/h15-18H,3-14H2,1-2H3. The van der Waals surface area contributed by atoms with Gasteiger partial charge in [0.15, 0.2) is 0 Å². The van der Waals surface area contributed by atoms with Crippen LogP contribution in [0.4, 0.5) is 0 Å². The number of nitrogens with zero attached hydrogens (tertiary/aromatic N) is 1. The van der Waals surface area contributed by atoms with Crippen LogP contribution in [-0.4, -0.2) is 37.1 Å². The van der Waals surface area contributed by atoms with Gasteiger partial charge >= 0.3 is 0 Å². The van der Waals surface area contributed by atoms with E-state index in [0.29, 0.717) is 0 Å². The number of likely N-dealkylation sites (tertiary alicyclic amines) is 1. The van der Waals surface area contributed by atoms with E-state index in [2.05, 4.69) is 24.1 Å². The first-order chi connectivity index (χ1) is 9.28. The summed E-state index contributed by atoms with van der Waals surface area (Å²) in [6.45, 7) is 9.93. The van der Waals surface area contributed by atoms with Crippen molar-refractivity contribution in [3.63, 3.8) is 0 Å². The van der Waals surface area contributed by atoms with E-state index in [-0.39, 0.29) is 0 Å². The van der Waals surface area contributed by atoms with Gasteiger partial charge in [0.05, 0.1) is 0 Å². The average molecular weight is 266 g/mol. The second-order valence-electron chi connectivity index (χ2n) is 7.00. The minimum Gasteiger partial charge on any atom is -0.314 e. The Bertz CT molecular complexity index is 233. The molecule has 1 atom stereocenters. The molecule has 0 amide bonds. The van der Waals surface area contributed by atoms with Crippen molar-refractivity contribution < 1.29 is 0 Å². The maximum absolute atomic E-state index is 3.88. The Labute approximate surface area is 120 Å². The average Bonchev–Trinajstić information content (AvgIpc) is 2.64. The Morgan fingerprint density at radius 1 is 1.00 bits per heavy atom. The molecular formula is C17H34N2. The van der Waals surface area contributed by atoms with Crippen molar-refractivity contribution >= 4 is 0 Å². The molecule has 1 unspecified atom stereocenters. The lowest BCUT2D eigenvalue weighted by Crippen LogP contribution is -2.35. The first-order valence-electron chi connectivity index (χ1n) is 8.73. The van der Waals surface area contributed by atoms with Crippen molar-refractivity contribution in [3.05, 3.63) is 0 Å². The zero-order chi connectivity index (χ0) is 13.5. The summed E-state index contributed by atoms with van der Waals surface area (Å²) < 4.78 is 0. The fourth-order valence-corrected chi connectivity index (χ4v) is 3.77. The van der Waals surface area contributed by atoms with E-state index in [4.69, 9.17) is 0 Å². The molecule has 1 saturated heterocycles. The molecule has 2 nitrogen and oxygen atoms in total. The number of rotatable bonds is 5.